The maximum Gasteiger partial charge on any atom is 0.300 e. The standard InChI is InChI=1S/C30H31N3O4/c1-2-19-37-24-10-8-9-21(20-24)28(34)26-27(25-11-4-5-16-31-25)33(30(36)29(26)35)23-14-12-22(13-15-23)32-17-6-3-7-18-32/h4-5,8-16,20,27,34H,2-3,6-7,17-19H2,1H3/b28-26+. The Kier molecular flexibility index (Phi) is 7.21. The van der Waals surface area contributed by atoms with Gasteiger partial charge in [0.15, 0.2) is 0 Å². The van der Waals surface area contributed by atoms with Crippen molar-refractivity contribution in [3.8, 4) is 5.75 Å². The zero-order valence-electron chi connectivity index (χ0n) is 21.0. The second kappa shape index (κ2) is 10.9. The summed E-state index contributed by atoms with van der Waals surface area (Å²) in [5.41, 5.74) is 2.60. The molecule has 3 aromatic rings. The van der Waals surface area contributed by atoms with E-state index in [0.717, 1.165) is 25.2 Å². The lowest BCUT2D eigenvalue weighted by Gasteiger charge is -2.30. The van der Waals surface area contributed by atoms with E-state index in [2.05, 4.69) is 9.88 Å². The van der Waals surface area contributed by atoms with Crippen molar-refractivity contribution < 1.29 is 19.4 Å². The third-order valence-corrected chi connectivity index (χ3v) is 6.84. The SMILES string of the molecule is CCCOc1cccc(/C(O)=C2\C(=O)C(=O)N(c3ccc(N4CCCCC4)cc3)C2c2ccccn2)c1. The summed E-state index contributed by atoms with van der Waals surface area (Å²) in [4.78, 5) is 35.0. The highest BCUT2D eigenvalue weighted by molar-refractivity contribution is 6.51. The number of amides is 1. The normalized spacial score (nSPS) is 19.3. The number of hydrogen-bond donors (Lipinski definition) is 1. The van der Waals surface area contributed by atoms with Crippen LogP contribution in [-0.2, 0) is 9.59 Å². The molecule has 5 rings (SSSR count). The van der Waals surface area contributed by atoms with Crippen LogP contribution in [0.1, 0.15) is 49.9 Å². The number of anilines is 2. The van der Waals surface area contributed by atoms with E-state index in [1.807, 2.05) is 31.2 Å². The highest BCUT2D eigenvalue weighted by atomic mass is 16.5. The second-order valence-corrected chi connectivity index (χ2v) is 9.36. The number of aliphatic hydroxyl groups excluding tert-OH is 1. The number of benzene rings is 2. The lowest BCUT2D eigenvalue weighted by Crippen LogP contribution is -2.31. The zero-order chi connectivity index (χ0) is 25.8. The van der Waals surface area contributed by atoms with Crippen molar-refractivity contribution in [3.63, 3.8) is 0 Å². The Morgan fingerprint density at radius 2 is 1.73 bits per heavy atom. The molecule has 1 unspecified atom stereocenters. The topological polar surface area (TPSA) is 83.0 Å². The molecule has 0 saturated carbocycles. The van der Waals surface area contributed by atoms with E-state index in [1.165, 1.54) is 24.2 Å². The molecule has 1 amide bonds. The lowest BCUT2D eigenvalue weighted by atomic mass is 9.98. The molecule has 37 heavy (non-hydrogen) atoms. The Bertz CT molecular complexity index is 1300. The van der Waals surface area contributed by atoms with Crippen molar-refractivity contribution >= 4 is 28.8 Å². The van der Waals surface area contributed by atoms with Gasteiger partial charge in [-0.1, -0.05) is 25.1 Å². The summed E-state index contributed by atoms with van der Waals surface area (Å²) >= 11 is 0. The fourth-order valence-electron chi connectivity index (χ4n) is 5.00. The van der Waals surface area contributed by atoms with Gasteiger partial charge < -0.3 is 14.7 Å². The average Bonchev–Trinajstić information content (AvgIpc) is 3.22. The molecule has 0 radical (unpaired) electrons. The first-order valence-corrected chi connectivity index (χ1v) is 12.9. The van der Waals surface area contributed by atoms with E-state index in [1.54, 1.807) is 48.7 Å². The fraction of sp³-hybridized carbons (Fsp3) is 0.300. The summed E-state index contributed by atoms with van der Waals surface area (Å²) in [5, 5.41) is 11.4. The van der Waals surface area contributed by atoms with Crippen molar-refractivity contribution in [3.05, 3.63) is 89.8 Å². The smallest absolute Gasteiger partial charge is 0.300 e. The molecule has 2 aromatic carbocycles. The van der Waals surface area contributed by atoms with Gasteiger partial charge >= 0.3 is 0 Å². The molecule has 7 nitrogen and oxygen atoms in total. The first kappa shape index (κ1) is 24.6. The average molecular weight is 498 g/mol. The number of rotatable bonds is 7. The molecule has 7 heteroatoms. The quantitative estimate of drug-likeness (QED) is 0.264. The molecule has 2 saturated heterocycles. The highest BCUT2D eigenvalue weighted by Gasteiger charge is 2.47. The summed E-state index contributed by atoms with van der Waals surface area (Å²) in [6.07, 6.45) is 6.05. The zero-order valence-corrected chi connectivity index (χ0v) is 21.0. The molecule has 0 bridgehead atoms. The van der Waals surface area contributed by atoms with E-state index in [4.69, 9.17) is 4.74 Å². The molecule has 0 spiro atoms. The van der Waals surface area contributed by atoms with E-state index in [0.29, 0.717) is 29.3 Å². The van der Waals surface area contributed by atoms with Crippen LogP contribution in [0.4, 0.5) is 11.4 Å². The van der Waals surface area contributed by atoms with Gasteiger partial charge in [-0.2, -0.15) is 0 Å². The molecule has 2 fully saturated rings. The predicted molar refractivity (Wildman–Crippen MR) is 144 cm³/mol. The van der Waals surface area contributed by atoms with Crippen molar-refractivity contribution in [1.82, 2.24) is 4.98 Å². The Labute approximate surface area is 217 Å². The van der Waals surface area contributed by atoms with Crippen LogP contribution in [0.15, 0.2) is 78.5 Å². The number of ether oxygens (including phenoxy) is 1. The molecule has 1 atom stereocenters. The van der Waals surface area contributed by atoms with Crippen LogP contribution in [0.25, 0.3) is 5.76 Å². The maximum absolute atomic E-state index is 13.4. The molecule has 2 aliphatic rings. The molecule has 1 aromatic heterocycles. The van der Waals surface area contributed by atoms with Gasteiger partial charge in [0.25, 0.3) is 11.7 Å². The minimum Gasteiger partial charge on any atom is -0.507 e. The molecule has 190 valence electrons. The Morgan fingerprint density at radius 3 is 2.43 bits per heavy atom. The molecular formula is C30H31N3O4. The summed E-state index contributed by atoms with van der Waals surface area (Å²) in [5.74, 6) is -1.10. The molecule has 3 heterocycles. The van der Waals surface area contributed by atoms with E-state index >= 15 is 0 Å². The van der Waals surface area contributed by atoms with Gasteiger partial charge in [0.05, 0.1) is 17.9 Å². The largest absolute Gasteiger partial charge is 0.507 e. The number of piperidine rings is 1. The number of carbonyl (C=O) groups excluding carboxylic acids is 2. The first-order valence-electron chi connectivity index (χ1n) is 12.9. The van der Waals surface area contributed by atoms with Gasteiger partial charge in [-0.15, -0.1) is 0 Å². The third-order valence-electron chi connectivity index (χ3n) is 6.84. The van der Waals surface area contributed by atoms with Crippen molar-refractivity contribution in [1.29, 1.82) is 0 Å². The number of ketones is 1. The minimum atomic E-state index is -0.859. The molecule has 0 aliphatic carbocycles. The first-order chi connectivity index (χ1) is 18.1. The predicted octanol–water partition coefficient (Wildman–Crippen LogP) is 5.49. The fourth-order valence-corrected chi connectivity index (χ4v) is 5.00. The monoisotopic (exact) mass is 497 g/mol. The van der Waals surface area contributed by atoms with Gasteiger partial charge in [0.2, 0.25) is 0 Å². The van der Waals surface area contributed by atoms with E-state index in [9.17, 15) is 14.7 Å². The molecular weight excluding hydrogens is 466 g/mol. The van der Waals surface area contributed by atoms with Crippen molar-refractivity contribution in [2.24, 2.45) is 0 Å². The van der Waals surface area contributed by atoms with Gasteiger partial charge in [-0.05, 0) is 74.2 Å². The van der Waals surface area contributed by atoms with Gasteiger partial charge in [0.1, 0.15) is 17.6 Å². The van der Waals surface area contributed by atoms with Gasteiger partial charge in [-0.25, -0.2) is 0 Å². The van der Waals surface area contributed by atoms with Gasteiger partial charge in [0, 0.05) is 36.2 Å². The number of aromatic nitrogens is 1. The van der Waals surface area contributed by atoms with Crippen LogP contribution < -0.4 is 14.5 Å². The van der Waals surface area contributed by atoms with Crippen molar-refractivity contribution in [2.75, 3.05) is 29.5 Å². The Morgan fingerprint density at radius 1 is 0.973 bits per heavy atom. The number of carbonyl (C=O) groups is 2. The van der Waals surface area contributed by atoms with Crippen LogP contribution in [0.3, 0.4) is 0 Å². The minimum absolute atomic E-state index is 0.0106. The van der Waals surface area contributed by atoms with E-state index < -0.39 is 17.7 Å². The number of nitrogens with zero attached hydrogens (tertiary/aromatic N) is 3. The number of hydrogen-bond acceptors (Lipinski definition) is 6. The molecule has 1 N–H and O–H groups in total. The summed E-state index contributed by atoms with van der Waals surface area (Å²) in [7, 11) is 0. The van der Waals surface area contributed by atoms with Crippen LogP contribution >= 0.6 is 0 Å². The maximum atomic E-state index is 13.4. The van der Waals surface area contributed by atoms with Crippen molar-refractivity contribution in [2.45, 2.75) is 38.6 Å². The highest BCUT2D eigenvalue weighted by Crippen LogP contribution is 2.42. The summed E-state index contributed by atoms with van der Waals surface area (Å²) in [6.45, 7) is 4.57. The molecule has 2 aliphatic heterocycles. The van der Waals surface area contributed by atoms with Crippen LogP contribution in [0.2, 0.25) is 0 Å². The van der Waals surface area contributed by atoms with Crippen LogP contribution in [0, 0.1) is 0 Å². The summed E-state index contributed by atoms with van der Waals surface area (Å²) in [6, 6.07) is 19.1. The Hall–Kier alpha value is -4.13. The van der Waals surface area contributed by atoms with Crippen LogP contribution in [0.5, 0.6) is 5.75 Å². The second-order valence-electron chi connectivity index (χ2n) is 9.36. The van der Waals surface area contributed by atoms with E-state index in [-0.39, 0.29) is 11.3 Å². The number of pyridine rings is 1. The number of Topliss-reactive ketones (excluding diaryl/α,β-unsaturated/α-hetero) is 1. The summed E-state index contributed by atoms with van der Waals surface area (Å²) < 4.78 is 5.71. The Balaban J connectivity index is 1.56. The number of aliphatic hydroxyl groups is 1. The third kappa shape index (κ3) is 4.94. The van der Waals surface area contributed by atoms with Crippen LogP contribution in [-0.4, -0.2) is 41.5 Å². The lowest BCUT2D eigenvalue weighted by molar-refractivity contribution is -0.132. The van der Waals surface area contributed by atoms with Gasteiger partial charge in [-0.3, -0.25) is 19.5 Å².